The van der Waals surface area contributed by atoms with Gasteiger partial charge in [-0.15, -0.1) is 0 Å². The fraction of sp³-hybridized carbons (Fsp3) is 0.833. The van der Waals surface area contributed by atoms with Crippen LogP contribution in [-0.4, -0.2) is 18.3 Å². The van der Waals surface area contributed by atoms with E-state index in [-0.39, 0.29) is 0 Å². The SMILES string of the molecule is CC(N=C=O)[C@H](C)C(F)(F)F. The summed E-state index contributed by atoms with van der Waals surface area (Å²) in [6.07, 6.45) is -3.20. The Morgan fingerprint density at radius 1 is 1.36 bits per heavy atom. The molecule has 0 amide bonds. The minimum atomic E-state index is -4.29. The van der Waals surface area contributed by atoms with E-state index >= 15 is 0 Å². The van der Waals surface area contributed by atoms with E-state index in [9.17, 15) is 18.0 Å². The maximum absolute atomic E-state index is 11.8. The number of nitrogens with zero attached hydrogens (tertiary/aromatic N) is 1. The molecule has 5 heteroatoms. The van der Waals surface area contributed by atoms with Crippen molar-refractivity contribution in [3.05, 3.63) is 0 Å². The molecule has 11 heavy (non-hydrogen) atoms. The normalized spacial score (nSPS) is 16.8. The third kappa shape index (κ3) is 3.18. The van der Waals surface area contributed by atoms with Crippen LogP contribution >= 0.6 is 0 Å². The smallest absolute Gasteiger partial charge is 0.211 e. The van der Waals surface area contributed by atoms with Gasteiger partial charge < -0.3 is 0 Å². The van der Waals surface area contributed by atoms with E-state index in [4.69, 9.17) is 0 Å². The lowest BCUT2D eigenvalue weighted by Crippen LogP contribution is -2.28. The molecule has 2 atom stereocenters. The van der Waals surface area contributed by atoms with Crippen LogP contribution in [0.2, 0.25) is 0 Å². The zero-order valence-electron chi connectivity index (χ0n) is 6.14. The van der Waals surface area contributed by atoms with Crippen LogP contribution < -0.4 is 0 Å². The third-order valence-electron chi connectivity index (χ3n) is 1.50. The lowest BCUT2D eigenvalue weighted by atomic mass is 10.0. The second kappa shape index (κ2) is 3.53. The van der Waals surface area contributed by atoms with Crippen molar-refractivity contribution in [3.8, 4) is 0 Å². The van der Waals surface area contributed by atoms with Crippen LogP contribution in [-0.2, 0) is 4.79 Å². The van der Waals surface area contributed by atoms with Gasteiger partial charge in [-0.1, -0.05) is 6.92 Å². The summed E-state index contributed by atoms with van der Waals surface area (Å²) in [4.78, 5) is 12.6. The molecule has 0 radical (unpaired) electrons. The van der Waals surface area contributed by atoms with Gasteiger partial charge in [0.25, 0.3) is 0 Å². The number of halogens is 3. The zero-order chi connectivity index (χ0) is 9.07. The van der Waals surface area contributed by atoms with Gasteiger partial charge in [0.15, 0.2) is 0 Å². The van der Waals surface area contributed by atoms with E-state index in [0.717, 1.165) is 13.0 Å². The Labute approximate surface area is 62.1 Å². The van der Waals surface area contributed by atoms with Gasteiger partial charge in [-0.3, -0.25) is 0 Å². The summed E-state index contributed by atoms with van der Waals surface area (Å²) in [5, 5.41) is 0. The first-order valence-electron chi connectivity index (χ1n) is 3.03. The molecule has 0 aromatic carbocycles. The molecule has 1 unspecified atom stereocenters. The monoisotopic (exact) mass is 167 g/mol. The quantitative estimate of drug-likeness (QED) is 0.456. The topological polar surface area (TPSA) is 29.4 Å². The van der Waals surface area contributed by atoms with Gasteiger partial charge in [0, 0.05) is 0 Å². The number of carbonyl (C=O) groups excluding carboxylic acids is 1. The van der Waals surface area contributed by atoms with Crippen LogP contribution in [0.5, 0.6) is 0 Å². The summed E-state index contributed by atoms with van der Waals surface area (Å²) in [7, 11) is 0. The van der Waals surface area contributed by atoms with Crippen molar-refractivity contribution in [1.29, 1.82) is 0 Å². The highest BCUT2D eigenvalue weighted by molar-refractivity contribution is 5.33. The predicted molar refractivity (Wildman–Crippen MR) is 32.8 cm³/mol. The highest BCUT2D eigenvalue weighted by Crippen LogP contribution is 2.29. The molecule has 0 rings (SSSR count). The van der Waals surface area contributed by atoms with Crippen LogP contribution in [0, 0.1) is 5.92 Å². The Bertz CT molecular complexity index is 171. The van der Waals surface area contributed by atoms with Gasteiger partial charge in [0.2, 0.25) is 6.08 Å². The molecule has 0 saturated heterocycles. The standard InChI is InChI=1S/C6H8F3NO/c1-4(6(7,8)9)5(2)10-3-11/h4-5H,1-2H3/t4-,5?/m0/s1. The summed E-state index contributed by atoms with van der Waals surface area (Å²) < 4.78 is 35.5. The van der Waals surface area contributed by atoms with Gasteiger partial charge >= 0.3 is 6.18 Å². The number of aliphatic imine (C=N–C) groups is 1. The van der Waals surface area contributed by atoms with Crippen molar-refractivity contribution in [1.82, 2.24) is 0 Å². The predicted octanol–water partition coefficient (Wildman–Crippen LogP) is 1.91. The van der Waals surface area contributed by atoms with Crippen molar-refractivity contribution >= 4 is 6.08 Å². The molecule has 0 aromatic heterocycles. The van der Waals surface area contributed by atoms with E-state index in [1.165, 1.54) is 6.92 Å². The van der Waals surface area contributed by atoms with Gasteiger partial charge in [-0.05, 0) is 6.92 Å². The fourth-order valence-electron chi connectivity index (χ4n) is 0.468. The summed E-state index contributed by atoms with van der Waals surface area (Å²) in [6.45, 7) is 2.20. The van der Waals surface area contributed by atoms with Crippen LogP contribution in [0.4, 0.5) is 13.2 Å². The lowest BCUT2D eigenvalue weighted by Gasteiger charge is -2.17. The number of hydrogen-bond donors (Lipinski definition) is 0. The Kier molecular flexibility index (Phi) is 3.26. The molecule has 2 nitrogen and oxygen atoms in total. The first-order chi connectivity index (χ1) is 4.89. The number of alkyl halides is 3. The number of isocyanates is 1. The van der Waals surface area contributed by atoms with Crippen LogP contribution in [0.3, 0.4) is 0 Å². The first kappa shape index (κ1) is 10.2. The largest absolute Gasteiger partial charge is 0.393 e. The average molecular weight is 167 g/mol. The fourth-order valence-corrected chi connectivity index (χ4v) is 0.468. The minimum absolute atomic E-state index is 0.978. The van der Waals surface area contributed by atoms with Gasteiger partial charge in [-0.25, -0.2) is 9.79 Å². The molecule has 0 aliphatic carbocycles. The van der Waals surface area contributed by atoms with Gasteiger partial charge in [0.05, 0.1) is 12.0 Å². The average Bonchev–Trinajstić information content (AvgIpc) is 1.85. The number of hydrogen-bond acceptors (Lipinski definition) is 2. The molecule has 0 spiro atoms. The first-order valence-corrected chi connectivity index (χ1v) is 3.03. The summed E-state index contributed by atoms with van der Waals surface area (Å²) >= 11 is 0. The summed E-state index contributed by atoms with van der Waals surface area (Å²) in [5.74, 6) is -1.59. The molecular formula is C6H8F3NO. The molecule has 0 bridgehead atoms. The van der Waals surface area contributed by atoms with Gasteiger partial charge in [-0.2, -0.15) is 13.2 Å². The van der Waals surface area contributed by atoms with E-state index in [1.54, 1.807) is 0 Å². The van der Waals surface area contributed by atoms with Gasteiger partial charge in [0.1, 0.15) is 0 Å². The zero-order valence-corrected chi connectivity index (χ0v) is 6.14. The highest BCUT2D eigenvalue weighted by atomic mass is 19.4. The third-order valence-corrected chi connectivity index (χ3v) is 1.50. The Morgan fingerprint density at radius 2 is 1.82 bits per heavy atom. The molecular weight excluding hydrogens is 159 g/mol. The molecule has 0 saturated carbocycles. The molecule has 0 aliphatic rings. The highest BCUT2D eigenvalue weighted by Gasteiger charge is 2.39. The van der Waals surface area contributed by atoms with Crippen LogP contribution in [0.25, 0.3) is 0 Å². The van der Waals surface area contributed by atoms with E-state index in [2.05, 4.69) is 4.99 Å². The van der Waals surface area contributed by atoms with Crippen molar-refractivity contribution in [2.75, 3.05) is 0 Å². The molecule has 0 aliphatic heterocycles. The van der Waals surface area contributed by atoms with E-state index < -0.39 is 18.1 Å². The second-order valence-electron chi connectivity index (χ2n) is 2.29. The Morgan fingerprint density at radius 3 is 2.09 bits per heavy atom. The Hall–Kier alpha value is -0.830. The molecule has 64 valence electrons. The van der Waals surface area contributed by atoms with E-state index in [0.29, 0.717) is 0 Å². The van der Waals surface area contributed by atoms with Crippen molar-refractivity contribution in [2.24, 2.45) is 10.9 Å². The molecule has 0 fully saturated rings. The maximum Gasteiger partial charge on any atom is 0.393 e. The van der Waals surface area contributed by atoms with Crippen LogP contribution in [0.1, 0.15) is 13.8 Å². The molecule has 0 heterocycles. The van der Waals surface area contributed by atoms with Crippen molar-refractivity contribution in [3.63, 3.8) is 0 Å². The lowest BCUT2D eigenvalue weighted by molar-refractivity contribution is -0.173. The van der Waals surface area contributed by atoms with Crippen LogP contribution in [0.15, 0.2) is 4.99 Å². The second-order valence-corrected chi connectivity index (χ2v) is 2.29. The number of rotatable bonds is 2. The molecule has 0 N–H and O–H groups in total. The molecule has 0 aromatic rings. The van der Waals surface area contributed by atoms with Crippen molar-refractivity contribution < 1.29 is 18.0 Å². The van der Waals surface area contributed by atoms with Crippen molar-refractivity contribution in [2.45, 2.75) is 26.1 Å². The Balaban J connectivity index is 4.24. The minimum Gasteiger partial charge on any atom is -0.211 e. The van der Waals surface area contributed by atoms with E-state index in [1.807, 2.05) is 0 Å². The maximum atomic E-state index is 11.8. The summed E-state index contributed by atoms with van der Waals surface area (Å²) in [6, 6.07) is -1.05. The summed E-state index contributed by atoms with van der Waals surface area (Å²) in [5.41, 5.74) is 0.